The van der Waals surface area contributed by atoms with Crippen LogP contribution >= 0.6 is 0 Å². The van der Waals surface area contributed by atoms with Crippen LogP contribution in [0.2, 0.25) is 0 Å². The van der Waals surface area contributed by atoms with Crippen molar-refractivity contribution in [1.82, 2.24) is 4.72 Å². The van der Waals surface area contributed by atoms with Crippen LogP contribution in [-0.2, 0) is 10.0 Å². The molecule has 25 heavy (non-hydrogen) atoms. The Morgan fingerprint density at radius 2 is 1.48 bits per heavy atom. The van der Waals surface area contributed by atoms with Gasteiger partial charge in [0.1, 0.15) is 11.5 Å². The van der Waals surface area contributed by atoms with Crippen molar-refractivity contribution in [3.05, 3.63) is 53.6 Å². The minimum atomic E-state index is -3.67. The van der Waals surface area contributed by atoms with E-state index < -0.39 is 16.1 Å². The summed E-state index contributed by atoms with van der Waals surface area (Å²) in [7, 11) is -0.526. The quantitative estimate of drug-likeness (QED) is 0.811. The summed E-state index contributed by atoms with van der Waals surface area (Å²) >= 11 is 0. The van der Waals surface area contributed by atoms with Crippen LogP contribution in [-0.4, -0.2) is 22.6 Å². The highest BCUT2D eigenvalue weighted by atomic mass is 32.2. The summed E-state index contributed by atoms with van der Waals surface area (Å²) in [5.74, 6) is 1.48. The van der Waals surface area contributed by atoms with Gasteiger partial charge in [-0.2, -0.15) is 0 Å². The standard InChI is InChI=1S/C19H25NO4S/c1-13(2)17-12-15(10-11-19(17)24-5)25(21,22)20-14(3)16-8-6-7-9-18(16)23-4/h6-14,20H,1-5H3. The summed E-state index contributed by atoms with van der Waals surface area (Å²) in [5.41, 5.74) is 1.64. The van der Waals surface area contributed by atoms with Crippen LogP contribution in [0.15, 0.2) is 47.4 Å². The Morgan fingerprint density at radius 1 is 0.880 bits per heavy atom. The van der Waals surface area contributed by atoms with Crippen molar-refractivity contribution in [3.8, 4) is 11.5 Å². The lowest BCUT2D eigenvalue weighted by Crippen LogP contribution is -2.27. The van der Waals surface area contributed by atoms with Gasteiger partial charge in [-0.15, -0.1) is 0 Å². The predicted molar refractivity (Wildman–Crippen MR) is 98.8 cm³/mol. The lowest BCUT2D eigenvalue weighted by Gasteiger charge is -2.18. The Kier molecular flexibility index (Phi) is 6.08. The first-order valence-electron chi connectivity index (χ1n) is 8.13. The minimum absolute atomic E-state index is 0.150. The number of rotatable bonds is 7. The molecule has 136 valence electrons. The SMILES string of the molecule is COc1ccc(S(=O)(=O)NC(C)c2ccccc2OC)cc1C(C)C. The van der Waals surface area contributed by atoms with E-state index in [-0.39, 0.29) is 10.8 Å². The van der Waals surface area contributed by atoms with E-state index in [9.17, 15) is 8.42 Å². The molecule has 2 aromatic rings. The number of benzene rings is 2. The molecule has 1 atom stereocenters. The number of para-hydroxylation sites is 1. The molecule has 0 saturated carbocycles. The number of hydrogen-bond acceptors (Lipinski definition) is 4. The number of hydrogen-bond donors (Lipinski definition) is 1. The van der Waals surface area contributed by atoms with E-state index in [4.69, 9.17) is 9.47 Å². The van der Waals surface area contributed by atoms with Gasteiger partial charge in [-0.25, -0.2) is 13.1 Å². The van der Waals surface area contributed by atoms with Crippen molar-refractivity contribution >= 4 is 10.0 Å². The van der Waals surface area contributed by atoms with Crippen LogP contribution in [0.5, 0.6) is 11.5 Å². The maximum absolute atomic E-state index is 12.8. The zero-order valence-corrected chi connectivity index (χ0v) is 16.1. The van der Waals surface area contributed by atoms with Crippen molar-refractivity contribution in [1.29, 1.82) is 0 Å². The van der Waals surface area contributed by atoms with Gasteiger partial charge in [-0.3, -0.25) is 0 Å². The molecule has 0 amide bonds. The van der Waals surface area contributed by atoms with E-state index in [2.05, 4.69) is 4.72 Å². The number of nitrogens with one attached hydrogen (secondary N) is 1. The highest BCUT2D eigenvalue weighted by molar-refractivity contribution is 7.89. The fraction of sp³-hybridized carbons (Fsp3) is 0.368. The largest absolute Gasteiger partial charge is 0.496 e. The van der Waals surface area contributed by atoms with E-state index in [1.165, 1.54) is 0 Å². The van der Waals surface area contributed by atoms with Crippen molar-refractivity contribution in [3.63, 3.8) is 0 Å². The molecule has 0 aliphatic heterocycles. The van der Waals surface area contributed by atoms with Crippen molar-refractivity contribution in [2.45, 2.75) is 37.6 Å². The molecule has 0 heterocycles. The minimum Gasteiger partial charge on any atom is -0.496 e. The predicted octanol–water partition coefficient (Wildman–Crippen LogP) is 3.87. The molecule has 0 aliphatic carbocycles. The van der Waals surface area contributed by atoms with Crippen LogP contribution in [0.25, 0.3) is 0 Å². The van der Waals surface area contributed by atoms with Gasteiger partial charge >= 0.3 is 0 Å². The van der Waals surface area contributed by atoms with Gasteiger partial charge in [0, 0.05) is 11.6 Å². The second-order valence-corrected chi connectivity index (χ2v) is 7.86. The van der Waals surface area contributed by atoms with E-state index in [0.29, 0.717) is 11.5 Å². The third-order valence-corrected chi connectivity index (χ3v) is 5.61. The third-order valence-electron chi connectivity index (χ3n) is 4.07. The van der Waals surface area contributed by atoms with Gasteiger partial charge < -0.3 is 9.47 Å². The molecule has 2 rings (SSSR count). The Bertz CT molecular complexity index is 831. The fourth-order valence-electron chi connectivity index (χ4n) is 2.72. The molecule has 1 N–H and O–H groups in total. The zero-order valence-electron chi connectivity index (χ0n) is 15.2. The molecule has 6 heteroatoms. The first-order chi connectivity index (χ1) is 11.8. The Morgan fingerprint density at radius 3 is 2.08 bits per heavy atom. The number of ether oxygens (including phenoxy) is 2. The Balaban J connectivity index is 2.34. The second kappa shape index (κ2) is 7.89. The lowest BCUT2D eigenvalue weighted by molar-refractivity contribution is 0.405. The highest BCUT2D eigenvalue weighted by Gasteiger charge is 2.22. The molecular weight excluding hydrogens is 338 g/mol. The van der Waals surface area contributed by atoms with Gasteiger partial charge in [0.2, 0.25) is 10.0 Å². The van der Waals surface area contributed by atoms with Crippen molar-refractivity contribution in [2.24, 2.45) is 0 Å². The molecule has 0 saturated heterocycles. The normalized spacial score (nSPS) is 12.9. The second-order valence-electron chi connectivity index (χ2n) is 6.14. The van der Waals surface area contributed by atoms with Crippen molar-refractivity contribution < 1.29 is 17.9 Å². The number of sulfonamides is 1. The molecular formula is C19H25NO4S. The first-order valence-corrected chi connectivity index (χ1v) is 9.61. The van der Waals surface area contributed by atoms with E-state index in [1.807, 2.05) is 38.1 Å². The van der Waals surface area contributed by atoms with Gasteiger partial charge in [-0.05, 0) is 42.7 Å². The summed E-state index contributed by atoms with van der Waals surface area (Å²) in [4.78, 5) is 0.221. The zero-order chi connectivity index (χ0) is 18.6. The summed E-state index contributed by atoms with van der Waals surface area (Å²) in [6.45, 7) is 5.79. The first kappa shape index (κ1) is 19.3. The summed E-state index contributed by atoms with van der Waals surface area (Å²) in [6.07, 6.45) is 0. The maximum atomic E-state index is 12.8. The van der Waals surface area contributed by atoms with E-state index >= 15 is 0 Å². The summed E-state index contributed by atoms with van der Waals surface area (Å²) < 4.78 is 39.0. The Labute approximate surface area is 150 Å². The van der Waals surface area contributed by atoms with Crippen molar-refractivity contribution in [2.75, 3.05) is 14.2 Å². The molecule has 0 aliphatic rings. The highest BCUT2D eigenvalue weighted by Crippen LogP contribution is 2.30. The molecule has 2 aromatic carbocycles. The van der Waals surface area contributed by atoms with Crippen LogP contribution in [0.1, 0.15) is 43.9 Å². The molecule has 1 unspecified atom stereocenters. The monoisotopic (exact) mass is 363 g/mol. The van der Waals surface area contributed by atoms with Crippen LogP contribution < -0.4 is 14.2 Å². The van der Waals surface area contributed by atoms with Gasteiger partial charge in [0.25, 0.3) is 0 Å². The molecule has 0 aromatic heterocycles. The van der Waals surface area contributed by atoms with Crippen LogP contribution in [0.4, 0.5) is 0 Å². The summed E-state index contributed by atoms with van der Waals surface area (Å²) in [6, 6.07) is 11.9. The molecule has 5 nitrogen and oxygen atoms in total. The topological polar surface area (TPSA) is 64.6 Å². The average molecular weight is 363 g/mol. The van der Waals surface area contributed by atoms with Gasteiger partial charge in [0.05, 0.1) is 19.1 Å². The van der Waals surface area contributed by atoms with Gasteiger partial charge in [-0.1, -0.05) is 32.0 Å². The average Bonchev–Trinajstić information content (AvgIpc) is 2.60. The molecule has 0 spiro atoms. The van der Waals surface area contributed by atoms with Crippen LogP contribution in [0, 0.1) is 0 Å². The van der Waals surface area contributed by atoms with E-state index in [1.54, 1.807) is 39.3 Å². The van der Waals surface area contributed by atoms with Gasteiger partial charge in [0.15, 0.2) is 0 Å². The smallest absolute Gasteiger partial charge is 0.241 e. The fourth-order valence-corrected chi connectivity index (χ4v) is 3.98. The maximum Gasteiger partial charge on any atom is 0.241 e. The molecule has 0 radical (unpaired) electrons. The van der Waals surface area contributed by atoms with Crippen LogP contribution in [0.3, 0.4) is 0 Å². The van der Waals surface area contributed by atoms with E-state index in [0.717, 1.165) is 11.1 Å². The lowest BCUT2D eigenvalue weighted by atomic mass is 10.0. The molecule has 0 fully saturated rings. The Hall–Kier alpha value is -2.05. The third kappa shape index (κ3) is 4.32. The number of methoxy groups -OCH3 is 2. The molecule has 0 bridgehead atoms. The summed E-state index contributed by atoms with van der Waals surface area (Å²) in [5, 5.41) is 0.